The number of allylic oxidation sites excluding steroid dienone is 8. The van der Waals surface area contributed by atoms with Crippen LogP contribution in [0.5, 0.6) is 0 Å². The molecule has 0 spiro atoms. The third-order valence-electron chi connectivity index (χ3n) is 7.51. The van der Waals surface area contributed by atoms with Crippen molar-refractivity contribution in [1.29, 1.82) is 0 Å². The highest BCUT2D eigenvalue weighted by atomic mass is 32.2. The number of benzene rings is 2. The second-order valence-corrected chi connectivity index (χ2v) is 13.3. The fourth-order valence-electron chi connectivity index (χ4n) is 5.62. The second-order valence-electron chi connectivity index (χ2n) is 9.75. The maximum absolute atomic E-state index is 15.7. The minimum Gasteiger partial charge on any atom is -0.249 e. The molecule has 0 fully saturated rings. The number of sulfone groups is 1. The van der Waals surface area contributed by atoms with Crippen molar-refractivity contribution >= 4 is 30.4 Å². The molecular formula is C29H22F6O3S2. The first-order chi connectivity index (χ1) is 18.5. The Balaban J connectivity index is 1.91. The average Bonchev–Trinajstić information content (AvgIpc) is 3.25. The molecule has 3 aliphatic rings. The van der Waals surface area contributed by atoms with Crippen LogP contribution in [0.1, 0.15) is 38.8 Å². The van der Waals surface area contributed by atoms with E-state index in [0.29, 0.717) is 5.56 Å². The molecule has 2 heterocycles. The highest BCUT2D eigenvalue weighted by Crippen LogP contribution is 2.66. The Morgan fingerprint density at radius 3 is 1.60 bits per heavy atom. The first-order valence-corrected chi connectivity index (χ1v) is 14.7. The molecule has 2 aromatic carbocycles. The first kappa shape index (κ1) is 28.4. The zero-order chi connectivity index (χ0) is 29.6. The van der Waals surface area contributed by atoms with Crippen LogP contribution >= 0.6 is 0 Å². The van der Waals surface area contributed by atoms with E-state index in [1.54, 1.807) is 24.3 Å². The molecule has 40 heavy (non-hydrogen) atoms. The summed E-state index contributed by atoms with van der Waals surface area (Å²) in [4.78, 5) is -1.45. The maximum Gasteiger partial charge on any atom is 0.380 e. The molecule has 2 aliphatic heterocycles. The van der Waals surface area contributed by atoms with Gasteiger partial charge in [0, 0.05) is 27.2 Å². The summed E-state index contributed by atoms with van der Waals surface area (Å²) in [6, 6.07) is 15.3. The van der Waals surface area contributed by atoms with Gasteiger partial charge in [-0.1, -0.05) is 60.7 Å². The van der Waals surface area contributed by atoms with Crippen molar-refractivity contribution in [3.05, 3.63) is 115 Å². The zero-order valence-corrected chi connectivity index (χ0v) is 23.2. The van der Waals surface area contributed by atoms with Gasteiger partial charge >= 0.3 is 17.8 Å². The molecular weight excluding hydrogens is 574 g/mol. The first-order valence-electron chi connectivity index (χ1n) is 12.0. The van der Waals surface area contributed by atoms with Gasteiger partial charge in [-0.2, -0.15) is 26.3 Å². The molecule has 1 aliphatic carbocycles. The van der Waals surface area contributed by atoms with Crippen molar-refractivity contribution in [2.75, 3.05) is 0 Å². The molecule has 1 unspecified atom stereocenters. The number of rotatable bonds is 4. The quantitative estimate of drug-likeness (QED) is 0.339. The summed E-state index contributed by atoms with van der Waals surface area (Å²) in [5.41, 5.74) is -5.11. The fraction of sp³-hybridized carbons (Fsp3) is 0.241. The Morgan fingerprint density at radius 1 is 0.650 bits per heavy atom. The largest absolute Gasteiger partial charge is 0.380 e. The summed E-state index contributed by atoms with van der Waals surface area (Å²) in [6.07, 6.45) is 0. The molecule has 0 N–H and O–H groups in total. The van der Waals surface area contributed by atoms with Crippen LogP contribution < -0.4 is 0 Å². The van der Waals surface area contributed by atoms with E-state index in [1.165, 1.54) is 43.3 Å². The van der Waals surface area contributed by atoms with Gasteiger partial charge in [-0.05, 0) is 50.0 Å². The van der Waals surface area contributed by atoms with E-state index >= 15 is 26.3 Å². The van der Waals surface area contributed by atoms with Crippen LogP contribution in [0.25, 0.3) is 9.81 Å². The van der Waals surface area contributed by atoms with Gasteiger partial charge in [0.25, 0.3) is 0 Å². The molecule has 3 nitrogen and oxygen atoms in total. The molecule has 0 bridgehead atoms. The lowest BCUT2D eigenvalue weighted by atomic mass is 9.87. The van der Waals surface area contributed by atoms with Crippen molar-refractivity contribution in [3.63, 3.8) is 0 Å². The Hall–Kier alpha value is -3.18. The van der Waals surface area contributed by atoms with E-state index in [-0.39, 0.29) is 26.5 Å². The van der Waals surface area contributed by atoms with Gasteiger partial charge in [-0.15, -0.1) is 0 Å². The molecule has 2 aromatic rings. The SMILES string of the molecule is CC1=C(c2ccccc2)S(=O)C(C)=C1C1=C(C2=C(C)S(=O)(=O)C(c3ccccc3)=C2C)C(F)(F)C(F)(F)C1(F)F. The lowest BCUT2D eigenvalue weighted by Crippen LogP contribution is -2.49. The Kier molecular flexibility index (Phi) is 6.31. The van der Waals surface area contributed by atoms with Gasteiger partial charge in [-0.3, -0.25) is 0 Å². The molecule has 5 rings (SSSR count). The highest BCUT2D eigenvalue weighted by Gasteiger charge is 2.81. The normalized spacial score (nSPS) is 25.1. The highest BCUT2D eigenvalue weighted by molar-refractivity contribution is 8.04. The smallest absolute Gasteiger partial charge is 0.249 e. The van der Waals surface area contributed by atoms with Crippen molar-refractivity contribution < 1.29 is 39.0 Å². The van der Waals surface area contributed by atoms with Crippen LogP contribution in [-0.4, -0.2) is 30.4 Å². The fourth-order valence-corrected chi connectivity index (χ4v) is 8.88. The van der Waals surface area contributed by atoms with E-state index in [9.17, 15) is 12.6 Å². The predicted octanol–water partition coefficient (Wildman–Crippen LogP) is 7.80. The van der Waals surface area contributed by atoms with E-state index in [2.05, 4.69) is 0 Å². The van der Waals surface area contributed by atoms with Gasteiger partial charge in [0.1, 0.15) is 0 Å². The summed E-state index contributed by atoms with van der Waals surface area (Å²) in [7, 11) is -6.63. The Morgan fingerprint density at radius 2 is 1.10 bits per heavy atom. The molecule has 11 heteroatoms. The summed E-state index contributed by atoms with van der Waals surface area (Å²) < 4.78 is 133. The van der Waals surface area contributed by atoms with E-state index < -0.39 is 70.5 Å². The third kappa shape index (κ3) is 3.49. The molecule has 0 amide bonds. The van der Waals surface area contributed by atoms with Crippen LogP contribution in [0.3, 0.4) is 0 Å². The summed E-state index contributed by atoms with van der Waals surface area (Å²) in [6.45, 7) is 4.48. The Bertz CT molecular complexity index is 1760. The molecule has 0 aromatic heterocycles. The number of alkyl halides is 6. The number of halogens is 6. The summed E-state index contributed by atoms with van der Waals surface area (Å²) >= 11 is 0. The monoisotopic (exact) mass is 596 g/mol. The zero-order valence-electron chi connectivity index (χ0n) is 21.6. The van der Waals surface area contributed by atoms with Crippen LogP contribution in [0.2, 0.25) is 0 Å². The number of hydrogen-bond acceptors (Lipinski definition) is 3. The van der Waals surface area contributed by atoms with Crippen LogP contribution in [0, 0.1) is 0 Å². The summed E-state index contributed by atoms with van der Waals surface area (Å²) in [5, 5.41) is 0. The maximum atomic E-state index is 15.7. The van der Waals surface area contributed by atoms with Gasteiger partial charge < -0.3 is 0 Å². The average molecular weight is 597 g/mol. The molecule has 0 saturated carbocycles. The molecule has 210 valence electrons. The second kappa shape index (κ2) is 8.91. The van der Waals surface area contributed by atoms with E-state index in [1.807, 2.05) is 0 Å². The summed E-state index contributed by atoms with van der Waals surface area (Å²) in [5.74, 6) is -16.8. The van der Waals surface area contributed by atoms with Crippen molar-refractivity contribution in [3.8, 4) is 0 Å². The van der Waals surface area contributed by atoms with Crippen molar-refractivity contribution in [2.45, 2.75) is 45.5 Å². The lowest BCUT2D eigenvalue weighted by Gasteiger charge is -2.26. The van der Waals surface area contributed by atoms with Gasteiger partial charge in [0.15, 0.2) is 0 Å². The molecule has 0 saturated heterocycles. The standard InChI is InChI=1S/C29H22F6O3S2/c1-15-21(17(3)39(36)25(15)19-11-7-5-8-12-19)23-24(28(32,33)29(34,35)27(23,30)31)22-16(2)26(40(37,38)18(22)4)20-13-9-6-10-14-20/h5-14H,1-4H3. The van der Waals surface area contributed by atoms with Gasteiger partial charge in [0.2, 0.25) is 9.84 Å². The minimum absolute atomic E-state index is 0.0243. The van der Waals surface area contributed by atoms with Gasteiger partial charge in [-0.25, -0.2) is 12.6 Å². The van der Waals surface area contributed by atoms with Crippen molar-refractivity contribution in [1.82, 2.24) is 0 Å². The van der Waals surface area contributed by atoms with Crippen LogP contribution in [0.15, 0.2) is 104 Å². The predicted molar refractivity (Wildman–Crippen MR) is 142 cm³/mol. The van der Waals surface area contributed by atoms with Crippen molar-refractivity contribution in [2.24, 2.45) is 0 Å². The molecule has 0 radical (unpaired) electrons. The third-order valence-corrected chi connectivity index (χ3v) is 11.3. The minimum atomic E-state index is -5.90. The van der Waals surface area contributed by atoms with Crippen LogP contribution in [-0.2, 0) is 20.6 Å². The van der Waals surface area contributed by atoms with E-state index in [0.717, 1.165) is 20.8 Å². The van der Waals surface area contributed by atoms with Crippen LogP contribution in [0.4, 0.5) is 26.3 Å². The topological polar surface area (TPSA) is 51.2 Å². The van der Waals surface area contributed by atoms with E-state index in [4.69, 9.17) is 0 Å². The lowest BCUT2D eigenvalue weighted by molar-refractivity contribution is -0.263. The van der Waals surface area contributed by atoms with Gasteiger partial charge in [0.05, 0.1) is 25.5 Å². The Labute approximate surface area is 229 Å². The molecule has 1 atom stereocenters. The number of hydrogen-bond donors (Lipinski definition) is 0.